The third-order valence-electron chi connectivity index (χ3n) is 3.42. The highest BCUT2D eigenvalue weighted by molar-refractivity contribution is 6.18. The predicted octanol–water partition coefficient (Wildman–Crippen LogP) is 4.69. The van der Waals surface area contributed by atoms with Crippen molar-refractivity contribution in [2.75, 3.05) is 5.88 Å². The van der Waals surface area contributed by atoms with Crippen LogP contribution in [0.25, 0.3) is 0 Å². The molecular formula is C17H21ClO. The second-order valence-electron chi connectivity index (χ2n) is 5.12. The van der Waals surface area contributed by atoms with Crippen LogP contribution in [0.5, 0.6) is 5.75 Å². The molecule has 0 heterocycles. The van der Waals surface area contributed by atoms with Crippen LogP contribution in [0.15, 0.2) is 18.2 Å². The van der Waals surface area contributed by atoms with Crippen LogP contribution >= 0.6 is 11.6 Å². The van der Waals surface area contributed by atoms with E-state index in [0.29, 0.717) is 12.0 Å². The minimum atomic E-state index is 0.366. The SMILES string of the molecule is Cc1ccc(OC2CCCCC2)c(C#CCCCl)c1. The summed E-state index contributed by atoms with van der Waals surface area (Å²) in [4.78, 5) is 0. The Balaban J connectivity index is 2.12. The largest absolute Gasteiger partial charge is 0.489 e. The van der Waals surface area contributed by atoms with Gasteiger partial charge >= 0.3 is 0 Å². The van der Waals surface area contributed by atoms with Crippen LogP contribution in [0, 0.1) is 18.8 Å². The first-order valence-electron chi connectivity index (χ1n) is 7.12. The van der Waals surface area contributed by atoms with Crippen molar-refractivity contribution in [3.8, 4) is 17.6 Å². The molecule has 0 bridgehead atoms. The average molecular weight is 277 g/mol. The molecule has 1 saturated carbocycles. The highest BCUT2D eigenvalue weighted by atomic mass is 35.5. The molecule has 1 nitrogen and oxygen atoms in total. The molecule has 0 spiro atoms. The summed E-state index contributed by atoms with van der Waals surface area (Å²) >= 11 is 5.66. The molecule has 0 atom stereocenters. The van der Waals surface area contributed by atoms with E-state index in [1.54, 1.807) is 0 Å². The molecule has 0 saturated heterocycles. The molecule has 0 radical (unpaired) electrons. The van der Waals surface area contributed by atoms with Crippen molar-refractivity contribution in [3.63, 3.8) is 0 Å². The van der Waals surface area contributed by atoms with Gasteiger partial charge in [-0.2, -0.15) is 0 Å². The van der Waals surface area contributed by atoms with E-state index in [1.807, 2.05) is 0 Å². The van der Waals surface area contributed by atoms with Crippen molar-refractivity contribution >= 4 is 11.6 Å². The summed E-state index contributed by atoms with van der Waals surface area (Å²) in [6.07, 6.45) is 7.33. The maximum atomic E-state index is 6.14. The molecule has 102 valence electrons. The Kier molecular flexibility index (Phi) is 5.61. The van der Waals surface area contributed by atoms with Gasteiger partial charge in [-0.1, -0.05) is 24.3 Å². The van der Waals surface area contributed by atoms with E-state index in [4.69, 9.17) is 16.3 Å². The predicted molar refractivity (Wildman–Crippen MR) is 80.9 cm³/mol. The Hall–Kier alpha value is -1.13. The fraction of sp³-hybridized carbons (Fsp3) is 0.529. The van der Waals surface area contributed by atoms with E-state index in [1.165, 1.54) is 37.7 Å². The highest BCUT2D eigenvalue weighted by Gasteiger charge is 2.16. The lowest BCUT2D eigenvalue weighted by atomic mass is 9.97. The average Bonchev–Trinajstić information content (AvgIpc) is 2.43. The van der Waals surface area contributed by atoms with Crippen LogP contribution in [0.1, 0.15) is 49.7 Å². The number of aryl methyl sites for hydroxylation is 1. The van der Waals surface area contributed by atoms with Gasteiger partial charge in [0.25, 0.3) is 0 Å². The van der Waals surface area contributed by atoms with E-state index in [2.05, 4.69) is 37.0 Å². The third kappa shape index (κ3) is 4.48. The summed E-state index contributed by atoms with van der Waals surface area (Å²) in [5.74, 6) is 7.79. The quantitative estimate of drug-likeness (QED) is 0.575. The number of hydrogen-bond donors (Lipinski definition) is 0. The van der Waals surface area contributed by atoms with Gasteiger partial charge in [-0.3, -0.25) is 0 Å². The van der Waals surface area contributed by atoms with E-state index in [0.717, 1.165) is 17.7 Å². The maximum Gasteiger partial charge on any atom is 0.135 e. The Morgan fingerprint density at radius 1 is 1.26 bits per heavy atom. The Morgan fingerprint density at radius 3 is 2.79 bits per heavy atom. The summed E-state index contributed by atoms with van der Waals surface area (Å²) in [5, 5.41) is 0. The normalized spacial score (nSPS) is 15.7. The number of benzene rings is 1. The molecule has 2 heteroatoms. The monoisotopic (exact) mass is 276 g/mol. The van der Waals surface area contributed by atoms with Crippen molar-refractivity contribution in [1.82, 2.24) is 0 Å². The second kappa shape index (κ2) is 7.46. The van der Waals surface area contributed by atoms with Gasteiger partial charge in [0, 0.05) is 12.3 Å². The van der Waals surface area contributed by atoms with Crippen molar-refractivity contribution in [1.29, 1.82) is 0 Å². The van der Waals surface area contributed by atoms with Crippen LogP contribution in [0.3, 0.4) is 0 Å². The fourth-order valence-electron chi connectivity index (χ4n) is 2.41. The van der Waals surface area contributed by atoms with Crippen molar-refractivity contribution in [3.05, 3.63) is 29.3 Å². The number of ether oxygens (including phenoxy) is 1. The third-order valence-corrected chi connectivity index (χ3v) is 3.61. The van der Waals surface area contributed by atoms with Gasteiger partial charge in [0.15, 0.2) is 0 Å². The fourth-order valence-corrected chi connectivity index (χ4v) is 2.51. The van der Waals surface area contributed by atoms with E-state index >= 15 is 0 Å². The highest BCUT2D eigenvalue weighted by Crippen LogP contribution is 2.26. The lowest BCUT2D eigenvalue weighted by Gasteiger charge is -2.23. The zero-order chi connectivity index (χ0) is 13.5. The summed E-state index contributed by atoms with van der Waals surface area (Å²) in [6.45, 7) is 2.08. The Morgan fingerprint density at radius 2 is 2.05 bits per heavy atom. The van der Waals surface area contributed by atoms with Crippen LogP contribution in [-0.2, 0) is 0 Å². The molecule has 0 aliphatic heterocycles. The van der Waals surface area contributed by atoms with Crippen LogP contribution in [0.4, 0.5) is 0 Å². The smallest absolute Gasteiger partial charge is 0.135 e. The summed E-state index contributed by atoms with van der Waals surface area (Å²) in [5.41, 5.74) is 2.21. The Bertz CT molecular complexity index is 464. The summed E-state index contributed by atoms with van der Waals surface area (Å²) in [7, 11) is 0. The van der Waals surface area contributed by atoms with Crippen molar-refractivity contribution in [2.24, 2.45) is 0 Å². The molecule has 1 aliphatic carbocycles. The summed E-state index contributed by atoms with van der Waals surface area (Å²) < 4.78 is 6.14. The van der Waals surface area contributed by atoms with Crippen LogP contribution in [-0.4, -0.2) is 12.0 Å². The van der Waals surface area contributed by atoms with Gasteiger partial charge < -0.3 is 4.74 Å². The molecule has 0 N–H and O–H groups in total. The first-order chi connectivity index (χ1) is 9.29. The first-order valence-corrected chi connectivity index (χ1v) is 7.65. The maximum absolute atomic E-state index is 6.14. The molecule has 1 aliphatic rings. The minimum absolute atomic E-state index is 0.366. The lowest BCUT2D eigenvalue weighted by Crippen LogP contribution is -2.20. The molecule has 0 unspecified atom stereocenters. The van der Waals surface area contributed by atoms with Gasteiger partial charge in [-0.25, -0.2) is 0 Å². The molecule has 1 aromatic rings. The van der Waals surface area contributed by atoms with Gasteiger partial charge in [-0.15, -0.1) is 11.6 Å². The molecule has 0 amide bonds. The lowest BCUT2D eigenvalue weighted by molar-refractivity contribution is 0.154. The molecule has 19 heavy (non-hydrogen) atoms. The van der Waals surface area contributed by atoms with Crippen LogP contribution < -0.4 is 4.74 Å². The van der Waals surface area contributed by atoms with Gasteiger partial charge in [0.05, 0.1) is 11.7 Å². The second-order valence-corrected chi connectivity index (χ2v) is 5.50. The zero-order valence-corrected chi connectivity index (χ0v) is 12.3. The number of halogens is 1. The standard InChI is InChI=1S/C17H21ClO/c1-14-10-11-17(15(13-14)7-5-6-12-18)19-16-8-3-2-4-9-16/h10-11,13,16H,2-4,6,8-9,12H2,1H3. The van der Waals surface area contributed by atoms with E-state index in [9.17, 15) is 0 Å². The number of rotatable bonds is 3. The van der Waals surface area contributed by atoms with Gasteiger partial charge in [-0.05, 0) is 50.3 Å². The molecule has 0 aromatic heterocycles. The molecule has 1 aromatic carbocycles. The van der Waals surface area contributed by atoms with Crippen molar-refractivity contribution < 1.29 is 4.74 Å². The topological polar surface area (TPSA) is 9.23 Å². The summed E-state index contributed by atoms with van der Waals surface area (Å²) in [6, 6.07) is 6.24. The number of alkyl halides is 1. The number of hydrogen-bond acceptors (Lipinski definition) is 1. The zero-order valence-electron chi connectivity index (χ0n) is 11.5. The van der Waals surface area contributed by atoms with E-state index < -0.39 is 0 Å². The van der Waals surface area contributed by atoms with E-state index in [-0.39, 0.29) is 0 Å². The minimum Gasteiger partial charge on any atom is -0.489 e. The Labute approximate surface area is 121 Å². The van der Waals surface area contributed by atoms with Gasteiger partial charge in [0.1, 0.15) is 5.75 Å². The molecule has 2 rings (SSSR count). The van der Waals surface area contributed by atoms with Gasteiger partial charge in [0.2, 0.25) is 0 Å². The van der Waals surface area contributed by atoms with Crippen molar-refractivity contribution in [2.45, 2.75) is 51.6 Å². The van der Waals surface area contributed by atoms with Crippen LogP contribution in [0.2, 0.25) is 0 Å². The first kappa shape index (κ1) is 14.3. The molecule has 1 fully saturated rings. The molecular weight excluding hydrogens is 256 g/mol.